The quantitative estimate of drug-likeness (QED) is 0.860. The lowest BCUT2D eigenvalue weighted by molar-refractivity contribution is -0.130. The number of aromatic nitrogens is 1. The summed E-state index contributed by atoms with van der Waals surface area (Å²) in [6, 6.07) is 3.64. The second kappa shape index (κ2) is 6.48. The number of carbonyl (C=O) groups is 2. The van der Waals surface area contributed by atoms with Crippen molar-refractivity contribution in [3.63, 3.8) is 0 Å². The number of carbonyl (C=O) groups excluding carboxylic acids is 2. The number of esters is 1. The van der Waals surface area contributed by atoms with Gasteiger partial charge in [-0.1, -0.05) is 19.8 Å². The Kier molecular flexibility index (Phi) is 4.41. The molecule has 0 bridgehead atoms. The molecule has 1 saturated carbocycles. The van der Waals surface area contributed by atoms with E-state index in [9.17, 15) is 9.59 Å². The van der Waals surface area contributed by atoms with Crippen LogP contribution in [0.5, 0.6) is 0 Å². The minimum atomic E-state index is -0.760. The van der Waals surface area contributed by atoms with Crippen LogP contribution in [0.2, 0.25) is 0 Å². The van der Waals surface area contributed by atoms with Gasteiger partial charge in [-0.15, -0.1) is 0 Å². The Balaban J connectivity index is 1.67. The van der Waals surface area contributed by atoms with Crippen LogP contribution in [-0.2, 0) is 16.6 Å². The molecule has 1 atom stereocenters. The highest BCUT2D eigenvalue weighted by molar-refractivity contribution is 5.95. The summed E-state index contributed by atoms with van der Waals surface area (Å²) in [6.07, 6.45) is 5.56. The first-order chi connectivity index (χ1) is 11.1. The highest BCUT2D eigenvalue weighted by atomic mass is 16.5. The fourth-order valence-electron chi connectivity index (χ4n) is 3.12. The molecule has 124 valence electrons. The first kappa shape index (κ1) is 15.6. The molecule has 1 fully saturated rings. The Hall–Kier alpha value is -2.24. The predicted octanol–water partition coefficient (Wildman–Crippen LogP) is 2.77. The minimum Gasteiger partial charge on any atom is -0.463 e. The number of aryl methyl sites for hydroxylation is 1. The van der Waals surface area contributed by atoms with E-state index in [1.54, 1.807) is 30.0 Å². The number of nitrogens with zero attached hydrogens (tertiary/aromatic N) is 1. The number of hydrogen-bond donors (Lipinski definition) is 1. The van der Waals surface area contributed by atoms with Crippen molar-refractivity contribution in [3.8, 4) is 0 Å². The third-order valence-corrected chi connectivity index (χ3v) is 4.49. The zero-order chi connectivity index (χ0) is 16.4. The molecule has 1 aliphatic carbocycles. The van der Waals surface area contributed by atoms with Crippen LogP contribution in [0.15, 0.2) is 22.8 Å². The van der Waals surface area contributed by atoms with Crippen molar-refractivity contribution in [3.05, 3.63) is 24.1 Å². The summed E-state index contributed by atoms with van der Waals surface area (Å²) in [5.41, 5.74) is 1.83. The van der Waals surface area contributed by atoms with Crippen LogP contribution in [0.3, 0.4) is 0 Å². The molecule has 0 aromatic carbocycles. The van der Waals surface area contributed by atoms with E-state index in [2.05, 4.69) is 5.32 Å². The molecule has 1 amide bonds. The van der Waals surface area contributed by atoms with Crippen LogP contribution in [-0.4, -0.2) is 28.6 Å². The summed E-state index contributed by atoms with van der Waals surface area (Å²) < 4.78 is 12.4. The second-order valence-electron chi connectivity index (χ2n) is 6.05. The van der Waals surface area contributed by atoms with Gasteiger partial charge in [0.1, 0.15) is 5.69 Å². The smallest absolute Gasteiger partial charge is 0.355 e. The molecule has 0 spiro atoms. The maximum atomic E-state index is 12.4. The Labute approximate surface area is 134 Å². The summed E-state index contributed by atoms with van der Waals surface area (Å²) in [5, 5.41) is 2.98. The van der Waals surface area contributed by atoms with E-state index in [1.807, 2.05) is 6.92 Å². The van der Waals surface area contributed by atoms with Gasteiger partial charge >= 0.3 is 5.97 Å². The van der Waals surface area contributed by atoms with Gasteiger partial charge in [0.15, 0.2) is 11.7 Å². The lowest BCUT2D eigenvalue weighted by Gasteiger charge is -2.19. The molecule has 3 rings (SSSR count). The van der Waals surface area contributed by atoms with E-state index in [0.717, 1.165) is 31.2 Å². The number of amides is 1. The minimum absolute atomic E-state index is 0.203. The molecular weight excluding hydrogens is 296 g/mol. The fraction of sp³-hybridized carbons (Fsp3) is 0.529. The summed E-state index contributed by atoms with van der Waals surface area (Å²) in [5.74, 6) is -0.710. The van der Waals surface area contributed by atoms with Gasteiger partial charge in [0.2, 0.25) is 0 Å². The Morgan fingerprint density at radius 3 is 2.83 bits per heavy atom. The van der Waals surface area contributed by atoms with Gasteiger partial charge in [0.25, 0.3) is 5.91 Å². The number of rotatable bonds is 5. The van der Waals surface area contributed by atoms with Crippen LogP contribution in [0.25, 0.3) is 11.1 Å². The van der Waals surface area contributed by atoms with Gasteiger partial charge in [-0.2, -0.15) is 0 Å². The number of fused-ring (bicyclic) bond motifs is 1. The van der Waals surface area contributed by atoms with Crippen molar-refractivity contribution in [1.82, 2.24) is 9.88 Å². The normalized spacial score (nSPS) is 16.6. The van der Waals surface area contributed by atoms with Gasteiger partial charge in [-0.05, 0) is 19.3 Å². The topological polar surface area (TPSA) is 73.5 Å². The molecular formula is C17H22N2O4. The van der Waals surface area contributed by atoms with Crippen molar-refractivity contribution in [2.45, 2.75) is 51.2 Å². The molecule has 0 aliphatic heterocycles. The van der Waals surface area contributed by atoms with Crippen LogP contribution in [0.4, 0.5) is 0 Å². The largest absolute Gasteiger partial charge is 0.463 e. The molecule has 1 unspecified atom stereocenters. The lowest BCUT2D eigenvalue weighted by atomic mass is 10.2. The molecule has 6 nitrogen and oxygen atoms in total. The summed E-state index contributed by atoms with van der Waals surface area (Å²) in [7, 11) is 1.77. The van der Waals surface area contributed by atoms with E-state index in [1.165, 1.54) is 0 Å². The van der Waals surface area contributed by atoms with Crippen molar-refractivity contribution >= 4 is 23.0 Å². The van der Waals surface area contributed by atoms with Crippen LogP contribution in [0, 0.1) is 0 Å². The molecule has 1 aliphatic rings. The Bertz CT molecular complexity index is 709. The maximum absolute atomic E-state index is 12.4. The number of furan rings is 1. The molecule has 2 aromatic heterocycles. The standard InChI is InChI=1S/C17H22N2O4/c1-3-14(16(20)18-11-6-4-5-7-11)23-17(21)13-10-15-12(19(13)2)8-9-22-15/h8-11,14H,3-7H2,1-2H3,(H,18,20). The van der Waals surface area contributed by atoms with Crippen molar-refractivity contribution in [2.75, 3.05) is 0 Å². The first-order valence-electron chi connectivity index (χ1n) is 8.14. The SMILES string of the molecule is CCC(OC(=O)c1cc2occc2n1C)C(=O)NC1CCCC1. The highest BCUT2D eigenvalue weighted by Crippen LogP contribution is 2.21. The van der Waals surface area contributed by atoms with Crippen molar-refractivity contribution in [2.24, 2.45) is 7.05 Å². The molecule has 2 heterocycles. The van der Waals surface area contributed by atoms with Crippen LogP contribution in [0.1, 0.15) is 49.5 Å². The van der Waals surface area contributed by atoms with Crippen molar-refractivity contribution in [1.29, 1.82) is 0 Å². The zero-order valence-electron chi connectivity index (χ0n) is 13.5. The molecule has 0 saturated heterocycles. The molecule has 6 heteroatoms. The fourth-order valence-corrected chi connectivity index (χ4v) is 3.12. The van der Waals surface area contributed by atoms with Crippen molar-refractivity contribution < 1.29 is 18.7 Å². The van der Waals surface area contributed by atoms with Gasteiger partial charge in [-0.3, -0.25) is 4.79 Å². The lowest BCUT2D eigenvalue weighted by Crippen LogP contribution is -2.42. The number of nitrogens with one attached hydrogen (secondary N) is 1. The average molecular weight is 318 g/mol. The van der Waals surface area contributed by atoms with Gasteiger partial charge in [0, 0.05) is 25.2 Å². The van der Waals surface area contributed by atoms with Gasteiger partial charge in [-0.25, -0.2) is 4.79 Å². The van der Waals surface area contributed by atoms with Crippen LogP contribution < -0.4 is 5.32 Å². The number of hydrogen-bond acceptors (Lipinski definition) is 4. The number of ether oxygens (including phenoxy) is 1. The second-order valence-corrected chi connectivity index (χ2v) is 6.05. The Morgan fingerprint density at radius 2 is 2.17 bits per heavy atom. The van der Waals surface area contributed by atoms with E-state index < -0.39 is 12.1 Å². The zero-order valence-corrected chi connectivity index (χ0v) is 13.5. The highest BCUT2D eigenvalue weighted by Gasteiger charge is 2.27. The van der Waals surface area contributed by atoms with E-state index >= 15 is 0 Å². The van der Waals surface area contributed by atoms with Crippen LogP contribution >= 0.6 is 0 Å². The summed E-state index contributed by atoms with van der Waals surface area (Å²) in [6.45, 7) is 1.84. The third kappa shape index (κ3) is 3.11. The summed E-state index contributed by atoms with van der Waals surface area (Å²) >= 11 is 0. The van der Waals surface area contributed by atoms with E-state index in [0.29, 0.717) is 17.7 Å². The maximum Gasteiger partial charge on any atom is 0.355 e. The third-order valence-electron chi connectivity index (χ3n) is 4.49. The van der Waals surface area contributed by atoms with Gasteiger partial charge < -0.3 is 19.0 Å². The average Bonchev–Trinajstić information content (AvgIpc) is 3.24. The predicted molar refractivity (Wildman–Crippen MR) is 85.1 cm³/mol. The monoisotopic (exact) mass is 318 g/mol. The molecule has 0 radical (unpaired) electrons. The van der Waals surface area contributed by atoms with Gasteiger partial charge in [0.05, 0.1) is 11.8 Å². The molecule has 23 heavy (non-hydrogen) atoms. The first-order valence-corrected chi connectivity index (χ1v) is 8.14. The molecule has 2 aromatic rings. The van der Waals surface area contributed by atoms with E-state index in [-0.39, 0.29) is 11.9 Å². The Morgan fingerprint density at radius 1 is 1.43 bits per heavy atom. The van der Waals surface area contributed by atoms with E-state index in [4.69, 9.17) is 9.15 Å². The molecule has 1 N–H and O–H groups in total. The summed E-state index contributed by atoms with van der Waals surface area (Å²) in [4.78, 5) is 24.7.